The summed E-state index contributed by atoms with van der Waals surface area (Å²) in [5.74, 6) is -1.95. The lowest BCUT2D eigenvalue weighted by Crippen LogP contribution is -2.24. The zero-order chi connectivity index (χ0) is 17.7. The van der Waals surface area contributed by atoms with Crippen molar-refractivity contribution < 1.29 is 32.6 Å². The Labute approximate surface area is 136 Å². The van der Waals surface area contributed by atoms with Crippen LogP contribution in [0, 0.1) is 0 Å². The third kappa shape index (κ3) is 4.85. The maximum atomic E-state index is 12.9. The van der Waals surface area contributed by atoms with Crippen molar-refractivity contribution in [3.63, 3.8) is 0 Å². The monoisotopic (exact) mass is 346 g/mol. The highest BCUT2D eigenvalue weighted by Crippen LogP contribution is 2.36. The van der Waals surface area contributed by atoms with Crippen molar-refractivity contribution in [2.75, 3.05) is 36.5 Å². The molecule has 0 unspecified atom stereocenters. The summed E-state index contributed by atoms with van der Waals surface area (Å²) in [6.07, 6.45) is -2.67. The Morgan fingerprint density at radius 2 is 1.88 bits per heavy atom. The molecular formula is C15H17F3N2O4. The predicted molar refractivity (Wildman–Crippen MR) is 80.0 cm³/mol. The maximum Gasteiger partial charge on any atom is 0.416 e. The Hall–Kier alpha value is -2.29. The molecule has 0 spiro atoms. The number of carbonyl (C=O) groups is 2. The van der Waals surface area contributed by atoms with Gasteiger partial charge in [-0.05, 0) is 31.0 Å². The van der Waals surface area contributed by atoms with E-state index in [1.165, 1.54) is 6.07 Å². The van der Waals surface area contributed by atoms with Crippen LogP contribution in [0.2, 0.25) is 0 Å². The highest BCUT2D eigenvalue weighted by Gasteiger charge is 2.32. The fourth-order valence-electron chi connectivity index (χ4n) is 2.46. The van der Waals surface area contributed by atoms with Crippen LogP contribution in [0.25, 0.3) is 0 Å². The summed E-state index contributed by atoms with van der Waals surface area (Å²) in [5.41, 5.74) is -0.324. The van der Waals surface area contributed by atoms with Gasteiger partial charge < -0.3 is 20.1 Å². The molecule has 2 rings (SSSR count). The number of nitrogens with zero attached hydrogens (tertiary/aromatic N) is 1. The molecule has 1 aromatic carbocycles. The number of amides is 1. The Kier molecular flexibility index (Phi) is 5.66. The van der Waals surface area contributed by atoms with E-state index in [1.54, 1.807) is 0 Å². The molecule has 1 aliphatic heterocycles. The lowest BCUT2D eigenvalue weighted by Gasteiger charge is -2.23. The highest BCUT2D eigenvalue weighted by molar-refractivity contribution is 5.95. The van der Waals surface area contributed by atoms with E-state index in [0.717, 1.165) is 25.0 Å². The van der Waals surface area contributed by atoms with Crippen molar-refractivity contribution in [1.82, 2.24) is 0 Å². The van der Waals surface area contributed by atoms with E-state index in [9.17, 15) is 22.8 Å². The van der Waals surface area contributed by atoms with Crippen LogP contribution in [0.15, 0.2) is 18.2 Å². The lowest BCUT2D eigenvalue weighted by atomic mass is 10.1. The molecular weight excluding hydrogens is 329 g/mol. The van der Waals surface area contributed by atoms with Gasteiger partial charge in [0.25, 0.3) is 0 Å². The van der Waals surface area contributed by atoms with Crippen LogP contribution in [0.3, 0.4) is 0 Å². The van der Waals surface area contributed by atoms with Crippen LogP contribution >= 0.6 is 0 Å². The number of carboxylic acids is 1. The standard InChI is InChI=1S/C15H17F3N2O4/c16-15(17,18)10-3-4-12(20-5-1-2-6-20)11(7-10)19-13(21)8-24-9-14(22)23/h3-4,7H,1-2,5-6,8-9H2,(H,19,21)(H,22,23). The molecule has 24 heavy (non-hydrogen) atoms. The van der Waals surface area contributed by atoms with E-state index >= 15 is 0 Å². The molecule has 1 heterocycles. The van der Waals surface area contributed by atoms with Gasteiger partial charge in [0, 0.05) is 13.1 Å². The molecule has 6 nitrogen and oxygen atoms in total. The number of hydrogen-bond donors (Lipinski definition) is 2. The van der Waals surface area contributed by atoms with E-state index in [1.807, 2.05) is 4.90 Å². The summed E-state index contributed by atoms with van der Waals surface area (Å²) in [6, 6.07) is 3.19. The second-order valence-electron chi connectivity index (χ2n) is 5.36. The van der Waals surface area contributed by atoms with Gasteiger partial charge in [0.2, 0.25) is 5.91 Å². The third-order valence-corrected chi connectivity index (χ3v) is 3.50. The quantitative estimate of drug-likeness (QED) is 0.827. The van der Waals surface area contributed by atoms with Gasteiger partial charge in [-0.2, -0.15) is 13.2 Å². The van der Waals surface area contributed by atoms with Crippen molar-refractivity contribution >= 4 is 23.3 Å². The van der Waals surface area contributed by atoms with E-state index < -0.39 is 36.8 Å². The molecule has 0 atom stereocenters. The molecule has 1 amide bonds. The van der Waals surface area contributed by atoms with Gasteiger partial charge in [-0.3, -0.25) is 4.79 Å². The zero-order valence-corrected chi connectivity index (χ0v) is 12.7. The summed E-state index contributed by atoms with van der Waals surface area (Å²) in [4.78, 5) is 24.0. The number of hydrogen-bond acceptors (Lipinski definition) is 4. The van der Waals surface area contributed by atoms with E-state index in [4.69, 9.17) is 5.11 Å². The van der Waals surface area contributed by atoms with Gasteiger partial charge in [0.05, 0.1) is 16.9 Å². The molecule has 1 fully saturated rings. The molecule has 132 valence electrons. The van der Waals surface area contributed by atoms with Crippen LogP contribution < -0.4 is 10.2 Å². The largest absolute Gasteiger partial charge is 0.480 e. The molecule has 0 aromatic heterocycles. The number of alkyl halides is 3. The number of nitrogens with one attached hydrogen (secondary N) is 1. The lowest BCUT2D eigenvalue weighted by molar-refractivity contribution is -0.143. The highest BCUT2D eigenvalue weighted by atomic mass is 19.4. The first-order valence-electron chi connectivity index (χ1n) is 7.33. The predicted octanol–water partition coefficient (Wildman–Crippen LogP) is 2.35. The molecule has 0 bridgehead atoms. The number of halogens is 3. The van der Waals surface area contributed by atoms with E-state index in [2.05, 4.69) is 10.1 Å². The minimum absolute atomic E-state index is 0.0376. The van der Waals surface area contributed by atoms with Crippen LogP contribution in [0.1, 0.15) is 18.4 Å². The normalized spacial score (nSPS) is 14.7. The average molecular weight is 346 g/mol. The van der Waals surface area contributed by atoms with Crippen LogP contribution in [-0.4, -0.2) is 43.3 Å². The van der Waals surface area contributed by atoms with Crippen molar-refractivity contribution in [3.8, 4) is 0 Å². The molecule has 1 aliphatic rings. The number of carbonyl (C=O) groups excluding carboxylic acids is 1. The number of ether oxygens (including phenoxy) is 1. The molecule has 1 saturated heterocycles. The van der Waals surface area contributed by atoms with Crippen LogP contribution in [-0.2, 0) is 20.5 Å². The van der Waals surface area contributed by atoms with Gasteiger partial charge >= 0.3 is 12.1 Å². The number of benzene rings is 1. The molecule has 0 radical (unpaired) electrons. The third-order valence-electron chi connectivity index (χ3n) is 3.50. The Morgan fingerprint density at radius 3 is 2.46 bits per heavy atom. The Bertz CT molecular complexity index is 613. The Morgan fingerprint density at radius 1 is 1.21 bits per heavy atom. The summed E-state index contributed by atoms with van der Waals surface area (Å²) in [6.45, 7) is 0.185. The van der Waals surface area contributed by atoms with E-state index in [-0.39, 0.29) is 5.69 Å². The first kappa shape index (κ1) is 18.1. The molecule has 9 heteroatoms. The number of aliphatic carboxylic acids is 1. The fraction of sp³-hybridized carbons (Fsp3) is 0.467. The second-order valence-corrected chi connectivity index (χ2v) is 5.36. The smallest absolute Gasteiger partial charge is 0.416 e. The van der Waals surface area contributed by atoms with Gasteiger partial charge in [-0.1, -0.05) is 0 Å². The van der Waals surface area contributed by atoms with Crippen LogP contribution in [0.5, 0.6) is 0 Å². The minimum Gasteiger partial charge on any atom is -0.480 e. The van der Waals surface area contributed by atoms with Crippen molar-refractivity contribution in [1.29, 1.82) is 0 Å². The van der Waals surface area contributed by atoms with Crippen molar-refractivity contribution in [2.24, 2.45) is 0 Å². The first-order chi connectivity index (χ1) is 11.3. The molecule has 0 saturated carbocycles. The second kappa shape index (κ2) is 7.52. The average Bonchev–Trinajstić information content (AvgIpc) is 2.99. The SMILES string of the molecule is O=C(O)COCC(=O)Nc1cc(C(F)(F)F)ccc1N1CCCC1. The van der Waals surface area contributed by atoms with E-state index in [0.29, 0.717) is 18.8 Å². The minimum atomic E-state index is -4.52. The zero-order valence-electron chi connectivity index (χ0n) is 12.7. The maximum absolute atomic E-state index is 12.9. The summed E-state index contributed by atoms with van der Waals surface area (Å²) >= 11 is 0. The van der Waals surface area contributed by atoms with Gasteiger partial charge in [-0.15, -0.1) is 0 Å². The number of carboxylic acid groups (broad SMARTS) is 1. The van der Waals surface area contributed by atoms with Crippen molar-refractivity contribution in [2.45, 2.75) is 19.0 Å². The van der Waals surface area contributed by atoms with Crippen molar-refractivity contribution in [3.05, 3.63) is 23.8 Å². The van der Waals surface area contributed by atoms with Gasteiger partial charge in [-0.25, -0.2) is 4.79 Å². The number of anilines is 2. The Balaban J connectivity index is 2.17. The van der Waals surface area contributed by atoms with Gasteiger partial charge in [0.15, 0.2) is 0 Å². The van der Waals surface area contributed by atoms with Crippen LogP contribution in [0.4, 0.5) is 24.5 Å². The first-order valence-corrected chi connectivity index (χ1v) is 7.33. The molecule has 2 N–H and O–H groups in total. The number of rotatable bonds is 6. The molecule has 1 aromatic rings. The summed E-state index contributed by atoms with van der Waals surface area (Å²) < 4.78 is 43.3. The summed E-state index contributed by atoms with van der Waals surface area (Å²) in [5, 5.41) is 10.8. The topological polar surface area (TPSA) is 78.9 Å². The molecule has 0 aliphatic carbocycles. The summed E-state index contributed by atoms with van der Waals surface area (Å²) in [7, 11) is 0. The van der Waals surface area contributed by atoms with Gasteiger partial charge in [0.1, 0.15) is 13.2 Å². The fourth-order valence-corrected chi connectivity index (χ4v) is 2.46.